The van der Waals surface area contributed by atoms with Gasteiger partial charge in [0.25, 0.3) is 0 Å². The largest absolute Gasteiger partial charge is 0.469 e. The van der Waals surface area contributed by atoms with Crippen LogP contribution in [0, 0.1) is 0 Å². The second-order valence-corrected chi connectivity index (χ2v) is 3.77. The van der Waals surface area contributed by atoms with Crippen molar-refractivity contribution >= 4 is 5.97 Å². The van der Waals surface area contributed by atoms with Crippen LogP contribution >= 0.6 is 0 Å². The van der Waals surface area contributed by atoms with Gasteiger partial charge in [-0.05, 0) is 32.6 Å². The van der Waals surface area contributed by atoms with Crippen LogP contribution in [0.15, 0.2) is 11.6 Å². The number of hydrogen-bond donors (Lipinski definition) is 1. The fourth-order valence-electron chi connectivity index (χ4n) is 1.24. The molecule has 1 N–H and O–H groups in total. The minimum atomic E-state index is -0.200. The molecule has 0 saturated heterocycles. The van der Waals surface area contributed by atoms with Crippen molar-refractivity contribution in [1.82, 2.24) is 0 Å². The Hall–Kier alpha value is -0.830. The smallest absolute Gasteiger partial charge is 0.305 e. The third-order valence-corrected chi connectivity index (χ3v) is 2.41. The monoisotopic (exact) mass is 214 g/mol. The Morgan fingerprint density at radius 2 is 2.13 bits per heavy atom. The summed E-state index contributed by atoms with van der Waals surface area (Å²) in [5.74, 6) is -0.173. The maximum Gasteiger partial charge on any atom is 0.305 e. The van der Waals surface area contributed by atoms with E-state index in [0.717, 1.165) is 25.7 Å². The lowest BCUT2D eigenvalue weighted by molar-refractivity contribution is -0.140. The van der Waals surface area contributed by atoms with Gasteiger partial charge in [0.1, 0.15) is 0 Å². The number of rotatable bonds is 7. The highest BCUT2D eigenvalue weighted by Gasteiger charge is 2.01. The second-order valence-electron chi connectivity index (χ2n) is 3.77. The van der Waals surface area contributed by atoms with Gasteiger partial charge in [-0.25, -0.2) is 0 Å². The molecule has 3 nitrogen and oxygen atoms in total. The molecule has 0 rings (SSSR count). The average molecular weight is 214 g/mol. The molecule has 0 aliphatic carbocycles. The molecule has 0 aliphatic heterocycles. The first kappa shape index (κ1) is 14.2. The Morgan fingerprint density at radius 1 is 1.47 bits per heavy atom. The van der Waals surface area contributed by atoms with Crippen LogP contribution in [0.2, 0.25) is 0 Å². The first-order valence-electron chi connectivity index (χ1n) is 5.50. The molecule has 0 radical (unpaired) electrons. The maximum atomic E-state index is 10.8. The van der Waals surface area contributed by atoms with E-state index < -0.39 is 0 Å². The highest BCUT2D eigenvalue weighted by molar-refractivity contribution is 5.69. The summed E-state index contributed by atoms with van der Waals surface area (Å²) in [6.07, 6.45) is 5.50. The molecule has 0 saturated carbocycles. The van der Waals surface area contributed by atoms with Crippen molar-refractivity contribution < 1.29 is 14.6 Å². The number of aliphatic hydroxyl groups is 1. The fourth-order valence-corrected chi connectivity index (χ4v) is 1.24. The predicted octanol–water partition coefficient (Wildman–Crippen LogP) is 2.44. The van der Waals surface area contributed by atoms with Gasteiger partial charge in [0.15, 0.2) is 0 Å². The molecule has 1 unspecified atom stereocenters. The van der Waals surface area contributed by atoms with Crippen LogP contribution in [0.1, 0.15) is 46.0 Å². The summed E-state index contributed by atoms with van der Waals surface area (Å²) in [5.41, 5.74) is 1.23. The number of aliphatic hydroxyl groups excluding tert-OH is 1. The van der Waals surface area contributed by atoms with Gasteiger partial charge in [-0.15, -0.1) is 0 Å². The van der Waals surface area contributed by atoms with Gasteiger partial charge in [0.05, 0.1) is 13.2 Å². The van der Waals surface area contributed by atoms with Crippen LogP contribution in [0.4, 0.5) is 0 Å². The SMILES string of the molecule is CCC(O)CCC(C)=CCCC(=O)OC. The highest BCUT2D eigenvalue weighted by atomic mass is 16.5. The van der Waals surface area contributed by atoms with Gasteiger partial charge < -0.3 is 9.84 Å². The Balaban J connectivity index is 3.65. The first-order valence-corrected chi connectivity index (χ1v) is 5.50. The Kier molecular flexibility index (Phi) is 8.01. The third kappa shape index (κ3) is 8.18. The molecular weight excluding hydrogens is 192 g/mol. The molecule has 0 bridgehead atoms. The number of carbonyl (C=O) groups excluding carboxylic acids is 1. The summed E-state index contributed by atoms with van der Waals surface area (Å²) >= 11 is 0. The van der Waals surface area contributed by atoms with Gasteiger partial charge in [-0.2, -0.15) is 0 Å². The van der Waals surface area contributed by atoms with Crippen LogP contribution < -0.4 is 0 Å². The van der Waals surface area contributed by atoms with E-state index in [1.165, 1.54) is 12.7 Å². The number of ether oxygens (including phenoxy) is 1. The molecular formula is C12H22O3. The van der Waals surface area contributed by atoms with Crippen molar-refractivity contribution in [1.29, 1.82) is 0 Å². The lowest BCUT2D eigenvalue weighted by atomic mass is 10.1. The van der Waals surface area contributed by atoms with Crippen molar-refractivity contribution in [2.24, 2.45) is 0 Å². The van der Waals surface area contributed by atoms with Crippen LogP contribution in [0.3, 0.4) is 0 Å². The number of methoxy groups -OCH3 is 1. The Morgan fingerprint density at radius 3 is 2.67 bits per heavy atom. The zero-order chi connectivity index (χ0) is 11.7. The molecule has 15 heavy (non-hydrogen) atoms. The average Bonchev–Trinajstić information content (AvgIpc) is 2.25. The van der Waals surface area contributed by atoms with E-state index in [2.05, 4.69) is 4.74 Å². The minimum Gasteiger partial charge on any atom is -0.469 e. The number of esters is 1. The zero-order valence-corrected chi connectivity index (χ0v) is 9.95. The Labute approximate surface area is 92.1 Å². The molecule has 0 spiro atoms. The molecule has 88 valence electrons. The summed E-state index contributed by atoms with van der Waals surface area (Å²) in [4.78, 5) is 10.8. The maximum absolute atomic E-state index is 10.8. The minimum absolute atomic E-state index is 0.173. The summed E-state index contributed by atoms with van der Waals surface area (Å²) in [5, 5.41) is 9.36. The molecule has 0 aromatic rings. The number of carbonyl (C=O) groups is 1. The van der Waals surface area contributed by atoms with Crippen LogP contribution in [-0.4, -0.2) is 24.3 Å². The Bertz CT molecular complexity index is 209. The molecule has 1 atom stereocenters. The quantitative estimate of drug-likeness (QED) is 0.523. The van der Waals surface area contributed by atoms with E-state index in [-0.39, 0.29) is 12.1 Å². The molecule has 0 aliphatic rings. The van der Waals surface area contributed by atoms with Gasteiger partial charge in [0.2, 0.25) is 0 Å². The number of hydrogen-bond acceptors (Lipinski definition) is 3. The van der Waals surface area contributed by atoms with Crippen molar-refractivity contribution in [2.45, 2.75) is 52.1 Å². The summed E-state index contributed by atoms with van der Waals surface area (Å²) in [6.45, 7) is 4.00. The summed E-state index contributed by atoms with van der Waals surface area (Å²) < 4.78 is 4.54. The van der Waals surface area contributed by atoms with Gasteiger partial charge in [-0.1, -0.05) is 18.6 Å². The molecule has 0 aromatic heterocycles. The van der Waals surface area contributed by atoms with E-state index in [1.807, 2.05) is 19.9 Å². The number of allylic oxidation sites excluding steroid dienone is 2. The first-order chi connectivity index (χ1) is 7.10. The standard InChI is InChI=1S/C12H22O3/c1-4-11(13)9-8-10(2)6-5-7-12(14)15-3/h6,11,13H,4-5,7-9H2,1-3H3. The van der Waals surface area contributed by atoms with Gasteiger partial charge >= 0.3 is 5.97 Å². The molecule has 0 heterocycles. The summed E-state index contributed by atoms with van der Waals surface area (Å²) in [6, 6.07) is 0. The fraction of sp³-hybridized carbons (Fsp3) is 0.750. The predicted molar refractivity (Wildman–Crippen MR) is 60.5 cm³/mol. The van der Waals surface area contributed by atoms with Gasteiger partial charge in [0, 0.05) is 6.42 Å². The normalized spacial score (nSPS) is 13.7. The van der Waals surface area contributed by atoms with Crippen molar-refractivity contribution in [2.75, 3.05) is 7.11 Å². The van der Waals surface area contributed by atoms with E-state index in [9.17, 15) is 9.90 Å². The van der Waals surface area contributed by atoms with E-state index in [0.29, 0.717) is 6.42 Å². The second kappa shape index (κ2) is 8.48. The topological polar surface area (TPSA) is 46.5 Å². The lowest BCUT2D eigenvalue weighted by Gasteiger charge is -2.07. The van der Waals surface area contributed by atoms with E-state index >= 15 is 0 Å². The van der Waals surface area contributed by atoms with E-state index in [4.69, 9.17) is 0 Å². The van der Waals surface area contributed by atoms with E-state index in [1.54, 1.807) is 0 Å². The summed E-state index contributed by atoms with van der Waals surface area (Å²) in [7, 11) is 1.40. The lowest BCUT2D eigenvalue weighted by Crippen LogP contribution is -2.03. The van der Waals surface area contributed by atoms with Crippen LogP contribution in [0.25, 0.3) is 0 Å². The van der Waals surface area contributed by atoms with Crippen molar-refractivity contribution in [3.8, 4) is 0 Å². The van der Waals surface area contributed by atoms with Crippen molar-refractivity contribution in [3.63, 3.8) is 0 Å². The molecule has 3 heteroatoms. The van der Waals surface area contributed by atoms with Crippen molar-refractivity contribution in [3.05, 3.63) is 11.6 Å². The molecule has 0 fully saturated rings. The third-order valence-electron chi connectivity index (χ3n) is 2.41. The molecule has 0 amide bonds. The highest BCUT2D eigenvalue weighted by Crippen LogP contribution is 2.10. The van der Waals surface area contributed by atoms with Crippen LogP contribution in [-0.2, 0) is 9.53 Å². The van der Waals surface area contributed by atoms with Gasteiger partial charge in [-0.3, -0.25) is 4.79 Å². The zero-order valence-electron chi connectivity index (χ0n) is 9.95. The van der Waals surface area contributed by atoms with Crippen LogP contribution in [0.5, 0.6) is 0 Å². The molecule has 0 aromatic carbocycles.